The number of nitrogens with zero attached hydrogens (tertiary/aromatic N) is 3. The van der Waals surface area contributed by atoms with Crippen LogP contribution in [0.5, 0.6) is 0 Å². The number of hydrogen-bond donors (Lipinski definition) is 2. The fourth-order valence-electron chi connectivity index (χ4n) is 2.39. The zero-order valence-corrected chi connectivity index (χ0v) is 11.3. The number of anilines is 1. The van der Waals surface area contributed by atoms with Crippen LogP contribution in [0.15, 0.2) is 12.1 Å². The zero-order valence-electron chi connectivity index (χ0n) is 11.3. The predicted molar refractivity (Wildman–Crippen MR) is 71.4 cm³/mol. The van der Waals surface area contributed by atoms with E-state index >= 15 is 0 Å². The van der Waals surface area contributed by atoms with Crippen LogP contribution in [0.2, 0.25) is 0 Å². The number of aromatic amines is 1. The first kappa shape index (κ1) is 13.9. The molecule has 3 rings (SSSR count). The van der Waals surface area contributed by atoms with Gasteiger partial charge in [-0.3, -0.25) is 5.10 Å². The van der Waals surface area contributed by atoms with Gasteiger partial charge in [0.25, 0.3) is 0 Å². The largest absolute Gasteiger partial charge is 0.337 e. The van der Waals surface area contributed by atoms with Gasteiger partial charge in [0.15, 0.2) is 5.82 Å². The highest BCUT2D eigenvalue weighted by Gasteiger charge is 2.22. The van der Waals surface area contributed by atoms with E-state index in [-0.39, 0.29) is 11.9 Å². The molecule has 1 fully saturated rings. The molecule has 0 saturated carbocycles. The summed E-state index contributed by atoms with van der Waals surface area (Å²) in [7, 11) is 0. The Morgan fingerprint density at radius 3 is 2.62 bits per heavy atom. The molecule has 112 valence electrons. The Bertz CT molecular complexity index is 634. The number of aromatic nitrogens is 3. The lowest BCUT2D eigenvalue weighted by Gasteiger charge is -2.30. The number of nitrogens with one attached hydrogen (secondary N) is 2. The highest BCUT2D eigenvalue weighted by molar-refractivity contribution is 5.58. The van der Waals surface area contributed by atoms with Crippen molar-refractivity contribution < 1.29 is 13.2 Å². The number of piperazine rings is 1. The molecular formula is C13H14F3N5. The minimum atomic E-state index is -1.01. The molecule has 1 aliphatic rings. The molecule has 8 heteroatoms. The summed E-state index contributed by atoms with van der Waals surface area (Å²) in [5, 5.41) is 9.78. The van der Waals surface area contributed by atoms with Crippen LogP contribution >= 0.6 is 0 Å². The van der Waals surface area contributed by atoms with Crippen molar-refractivity contribution in [2.75, 3.05) is 24.5 Å². The molecular weight excluding hydrogens is 283 g/mol. The molecule has 21 heavy (non-hydrogen) atoms. The van der Waals surface area contributed by atoms with Crippen molar-refractivity contribution in [2.45, 2.75) is 13.0 Å². The van der Waals surface area contributed by atoms with Crippen molar-refractivity contribution >= 4 is 5.95 Å². The Balaban J connectivity index is 1.92. The average Bonchev–Trinajstić information content (AvgIpc) is 2.87. The minimum absolute atomic E-state index is 0.0498. The third-order valence-electron chi connectivity index (χ3n) is 3.37. The summed E-state index contributed by atoms with van der Waals surface area (Å²) in [6, 6.07) is 1.51. The summed E-state index contributed by atoms with van der Waals surface area (Å²) in [6.07, 6.45) is 0. The van der Waals surface area contributed by atoms with Crippen LogP contribution in [0.3, 0.4) is 0 Å². The summed E-state index contributed by atoms with van der Waals surface area (Å²) >= 11 is 0. The van der Waals surface area contributed by atoms with E-state index in [0.717, 1.165) is 6.54 Å². The number of hydrogen-bond acceptors (Lipinski definition) is 4. The molecule has 1 aliphatic heterocycles. The van der Waals surface area contributed by atoms with Crippen LogP contribution in [-0.2, 0) is 0 Å². The van der Waals surface area contributed by atoms with Gasteiger partial charge in [0.2, 0.25) is 5.95 Å². The first-order chi connectivity index (χ1) is 10.0. The maximum Gasteiger partial charge on any atom is 0.245 e. The number of halogens is 3. The maximum atomic E-state index is 13.7. The van der Waals surface area contributed by atoms with E-state index in [1.54, 1.807) is 0 Å². The summed E-state index contributed by atoms with van der Waals surface area (Å²) < 4.78 is 40.4. The lowest BCUT2D eigenvalue weighted by atomic mass is 10.2. The molecule has 1 aromatic heterocycles. The Kier molecular flexibility index (Phi) is 3.54. The molecule has 1 aromatic carbocycles. The summed E-state index contributed by atoms with van der Waals surface area (Å²) in [5.41, 5.74) is -0.404. The van der Waals surface area contributed by atoms with Gasteiger partial charge in [0, 0.05) is 37.8 Å². The smallest absolute Gasteiger partial charge is 0.245 e. The molecule has 5 nitrogen and oxygen atoms in total. The Morgan fingerprint density at radius 1 is 1.24 bits per heavy atom. The highest BCUT2D eigenvalue weighted by atomic mass is 19.1. The summed E-state index contributed by atoms with van der Waals surface area (Å²) in [6.45, 7) is 4.21. The van der Waals surface area contributed by atoms with Gasteiger partial charge in [-0.1, -0.05) is 0 Å². The second-order valence-corrected chi connectivity index (χ2v) is 5.03. The van der Waals surface area contributed by atoms with E-state index in [4.69, 9.17) is 0 Å². The molecule has 2 N–H and O–H groups in total. The minimum Gasteiger partial charge on any atom is -0.337 e. The Morgan fingerprint density at radius 2 is 1.95 bits per heavy atom. The number of rotatable bonds is 2. The monoisotopic (exact) mass is 297 g/mol. The molecule has 0 aliphatic carbocycles. The van der Waals surface area contributed by atoms with Crippen molar-refractivity contribution in [3.05, 3.63) is 29.6 Å². The number of benzene rings is 1. The number of H-pyrrole nitrogens is 1. The molecule has 0 spiro atoms. The van der Waals surface area contributed by atoms with Crippen LogP contribution in [0.4, 0.5) is 19.1 Å². The second kappa shape index (κ2) is 5.36. The van der Waals surface area contributed by atoms with E-state index in [1.807, 2.05) is 11.8 Å². The van der Waals surface area contributed by atoms with Crippen molar-refractivity contribution in [3.8, 4) is 11.4 Å². The Labute approximate surface area is 119 Å². The SMILES string of the molecule is CC1CN(c2n[nH]c(-c3c(F)cc(F)cc3F)n2)CCN1. The second-order valence-electron chi connectivity index (χ2n) is 5.03. The molecule has 1 saturated heterocycles. The zero-order chi connectivity index (χ0) is 15.0. The van der Waals surface area contributed by atoms with E-state index in [9.17, 15) is 13.2 Å². The van der Waals surface area contributed by atoms with Crippen molar-refractivity contribution in [1.29, 1.82) is 0 Å². The van der Waals surface area contributed by atoms with Crippen molar-refractivity contribution in [1.82, 2.24) is 20.5 Å². The van der Waals surface area contributed by atoms with Crippen LogP contribution in [0.25, 0.3) is 11.4 Å². The molecule has 2 aromatic rings. The molecule has 1 atom stereocenters. The predicted octanol–water partition coefficient (Wildman–Crippen LogP) is 1.69. The highest BCUT2D eigenvalue weighted by Crippen LogP contribution is 2.25. The lowest BCUT2D eigenvalue weighted by Crippen LogP contribution is -2.49. The van der Waals surface area contributed by atoms with Gasteiger partial charge in [0.1, 0.15) is 17.5 Å². The molecule has 0 bridgehead atoms. The standard InChI is InChI=1S/C13H14F3N5/c1-7-6-21(3-2-17-7)13-18-12(19-20-13)11-9(15)4-8(14)5-10(11)16/h4-5,7,17H,2-3,6H2,1H3,(H,18,19,20). The molecule has 0 amide bonds. The van der Waals surface area contributed by atoms with Gasteiger partial charge in [-0.2, -0.15) is 4.98 Å². The normalized spacial score (nSPS) is 19.0. The van der Waals surface area contributed by atoms with Gasteiger partial charge in [-0.25, -0.2) is 13.2 Å². The first-order valence-corrected chi connectivity index (χ1v) is 6.60. The molecule has 2 heterocycles. The topological polar surface area (TPSA) is 56.8 Å². The van der Waals surface area contributed by atoms with Crippen molar-refractivity contribution in [2.24, 2.45) is 0 Å². The van der Waals surface area contributed by atoms with Gasteiger partial charge >= 0.3 is 0 Å². The average molecular weight is 297 g/mol. The van der Waals surface area contributed by atoms with E-state index < -0.39 is 23.0 Å². The van der Waals surface area contributed by atoms with Gasteiger partial charge in [-0.15, -0.1) is 5.10 Å². The van der Waals surface area contributed by atoms with E-state index in [0.29, 0.717) is 31.2 Å². The third kappa shape index (κ3) is 2.71. The summed E-state index contributed by atoms with van der Waals surface area (Å²) in [5.74, 6) is -2.66. The molecule has 1 unspecified atom stereocenters. The third-order valence-corrected chi connectivity index (χ3v) is 3.37. The lowest BCUT2D eigenvalue weighted by molar-refractivity contribution is 0.480. The van der Waals surface area contributed by atoms with Gasteiger partial charge < -0.3 is 10.2 Å². The first-order valence-electron chi connectivity index (χ1n) is 6.60. The van der Waals surface area contributed by atoms with Gasteiger partial charge in [0.05, 0.1) is 5.56 Å². The van der Waals surface area contributed by atoms with Gasteiger partial charge in [-0.05, 0) is 6.92 Å². The Hall–Kier alpha value is -2.09. The van der Waals surface area contributed by atoms with Crippen LogP contribution in [0, 0.1) is 17.5 Å². The van der Waals surface area contributed by atoms with E-state index in [2.05, 4.69) is 20.5 Å². The van der Waals surface area contributed by atoms with Crippen LogP contribution in [-0.4, -0.2) is 40.9 Å². The van der Waals surface area contributed by atoms with Crippen LogP contribution < -0.4 is 10.2 Å². The van der Waals surface area contributed by atoms with Crippen LogP contribution in [0.1, 0.15) is 6.92 Å². The van der Waals surface area contributed by atoms with Crippen molar-refractivity contribution in [3.63, 3.8) is 0 Å². The fourth-order valence-corrected chi connectivity index (χ4v) is 2.39. The van der Waals surface area contributed by atoms with E-state index in [1.165, 1.54) is 0 Å². The fraction of sp³-hybridized carbons (Fsp3) is 0.385. The summed E-state index contributed by atoms with van der Waals surface area (Å²) in [4.78, 5) is 6.04. The quantitative estimate of drug-likeness (QED) is 0.885. The maximum absolute atomic E-state index is 13.7. The molecule has 0 radical (unpaired) electrons.